The highest BCUT2D eigenvalue weighted by Gasteiger charge is 2.32. The fourth-order valence-electron chi connectivity index (χ4n) is 2.55. The molecule has 0 saturated carbocycles. The van der Waals surface area contributed by atoms with Crippen LogP contribution in [0, 0.1) is 0 Å². The van der Waals surface area contributed by atoms with Gasteiger partial charge in [-0.2, -0.15) is 13.2 Å². The second-order valence-corrected chi connectivity index (χ2v) is 6.84. The Morgan fingerprint density at radius 3 is 2.20 bits per heavy atom. The molecular formula is C17H21F3N2O3. The fourth-order valence-corrected chi connectivity index (χ4v) is 2.55. The highest BCUT2D eigenvalue weighted by Crippen LogP contribution is 2.33. The van der Waals surface area contributed by atoms with Crippen LogP contribution in [-0.4, -0.2) is 49.1 Å². The van der Waals surface area contributed by atoms with Crippen LogP contribution in [0.2, 0.25) is 0 Å². The molecule has 138 valence electrons. The number of anilines is 1. The molecule has 0 spiro atoms. The number of hydrogen-bond acceptors (Lipinski definition) is 4. The van der Waals surface area contributed by atoms with Gasteiger partial charge in [0, 0.05) is 37.4 Å². The third-order valence-electron chi connectivity index (χ3n) is 3.76. The predicted molar refractivity (Wildman–Crippen MR) is 86.9 cm³/mol. The molecule has 0 N–H and O–H groups in total. The van der Waals surface area contributed by atoms with E-state index in [1.807, 2.05) is 0 Å². The molecule has 0 aromatic heterocycles. The second-order valence-electron chi connectivity index (χ2n) is 6.84. The Morgan fingerprint density at radius 1 is 1.12 bits per heavy atom. The summed E-state index contributed by atoms with van der Waals surface area (Å²) in [5.74, 6) is 0. The molecule has 1 aromatic carbocycles. The van der Waals surface area contributed by atoms with E-state index >= 15 is 0 Å². The smallest absolute Gasteiger partial charge is 0.416 e. The number of halogens is 3. The zero-order valence-corrected chi connectivity index (χ0v) is 14.4. The number of benzene rings is 1. The van der Waals surface area contributed by atoms with Crippen LogP contribution in [0.15, 0.2) is 18.2 Å². The Balaban J connectivity index is 2.12. The number of hydrogen-bond donors (Lipinski definition) is 0. The third-order valence-corrected chi connectivity index (χ3v) is 3.76. The van der Waals surface area contributed by atoms with E-state index in [1.165, 1.54) is 11.0 Å². The van der Waals surface area contributed by atoms with Gasteiger partial charge in [0.2, 0.25) is 0 Å². The Kier molecular flexibility index (Phi) is 5.29. The largest absolute Gasteiger partial charge is 0.444 e. The minimum absolute atomic E-state index is 0.193. The van der Waals surface area contributed by atoms with Gasteiger partial charge < -0.3 is 14.5 Å². The molecule has 0 bridgehead atoms. The molecule has 5 nitrogen and oxygen atoms in total. The van der Waals surface area contributed by atoms with Crippen molar-refractivity contribution in [1.82, 2.24) is 4.90 Å². The van der Waals surface area contributed by atoms with Crippen LogP contribution in [0.3, 0.4) is 0 Å². The van der Waals surface area contributed by atoms with Gasteiger partial charge in [-0.3, -0.25) is 4.79 Å². The minimum atomic E-state index is -4.48. The molecule has 8 heteroatoms. The summed E-state index contributed by atoms with van der Waals surface area (Å²) in [5, 5.41) is 0. The van der Waals surface area contributed by atoms with Gasteiger partial charge in [-0.15, -0.1) is 0 Å². The topological polar surface area (TPSA) is 49.9 Å². The maximum Gasteiger partial charge on any atom is 0.416 e. The summed E-state index contributed by atoms with van der Waals surface area (Å²) in [7, 11) is 0. The number of aldehydes is 1. The van der Waals surface area contributed by atoms with E-state index in [-0.39, 0.29) is 11.3 Å². The molecule has 1 amide bonds. The van der Waals surface area contributed by atoms with Crippen molar-refractivity contribution < 1.29 is 27.5 Å². The second kappa shape index (κ2) is 6.93. The number of alkyl halides is 3. The first kappa shape index (κ1) is 19.1. The molecule has 1 aliphatic heterocycles. The Bertz CT molecular complexity index is 646. The minimum Gasteiger partial charge on any atom is -0.444 e. The van der Waals surface area contributed by atoms with E-state index < -0.39 is 23.4 Å². The van der Waals surface area contributed by atoms with Crippen molar-refractivity contribution in [1.29, 1.82) is 0 Å². The Labute approximate surface area is 144 Å². The summed E-state index contributed by atoms with van der Waals surface area (Å²) >= 11 is 0. The average molecular weight is 358 g/mol. The number of piperazine rings is 1. The van der Waals surface area contributed by atoms with E-state index in [0.29, 0.717) is 32.5 Å². The molecule has 1 aliphatic rings. The number of ether oxygens (including phenoxy) is 1. The van der Waals surface area contributed by atoms with E-state index in [1.54, 1.807) is 25.7 Å². The zero-order chi connectivity index (χ0) is 18.8. The molecule has 1 fully saturated rings. The molecule has 0 aliphatic carbocycles. The number of carbonyl (C=O) groups is 2. The molecular weight excluding hydrogens is 337 g/mol. The standard InChI is InChI=1S/C17H21F3N2O3/c1-16(2,3)25-15(24)22-8-6-21(7-9-22)14-10-13(17(18,19)20)5-4-12(14)11-23/h4-5,10-11H,6-9H2,1-3H3. The van der Waals surface area contributed by atoms with Crippen LogP contribution >= 0.6 is 0 Å². The van der Waals surface area contributed by atoms with E-state index in [2.05, 4.69) is 0 Å². The Morgan fingerprint density at radius 2 is 1.72 bits per heavy atom. The maximum atomic E-state index is 12.9. The summed E-state index contributed by atoms with van der Waals surface area (Å²) < 4.78 is 44.1. The lowest BCUT2D eigenvalue weighted by Gasteiger charge is -2.37. The van der Waals surface area contributed by atoms with Crippen LogP contribution < -0.4 is 4.90 Å². The normalized spacial score (nSPS) is 15.9. The monoisotopic (exact) mass is 358 g/mol. The first-order valence-electron chi connectivity index (χ1n) is 7.90. The highest BCUT2D eigenvalue weighted by atomic mass is 19.4. The Hall–Kier alpha value is -2.25. The SMILES string of the molecule is CC(C)(C)OC(=O)N1CCN(c2cc(C(F)(F)F)ccc2C=O)CC1. The van der Waals surface area contributed by atoms with Crippen molar-refractivity contribution in [3.63, 3.8) is 0 Å². The third kappa shape index (κ3) is 4.87. The molecule has 1 heterocycles. The molecule has 0 atom stereocenters. The summed E-state index contributed by atoms with van der Waals surface area (Å²) in [6, 6.07) is 3.04. The van der Waals surface area contributed by atoms with E-state index in [9.17, 15) is 22.8 Å². The van der Waals surface area contributed by atoms with Crippen molar-refractivity contribution in [3.8, 4) is 0 Å². The number of rotatable bonds is 2. The summed E-state index contributed by atoms with van der Waals surface area (Å²) in [6.45, 7) is 6.55. The van der Waals surface area contributed by atoms with Gasteiger partial charge in [-0.25, -0.2) is 4.79 Å². The lowest BCUT2D eigenvalue weighted by Crippen LogP contribution is -2.50. The maximum absolute atomic E-state index is 12.9. The number of carbonyl (C=O) groups excluding carboxylic acids is 2. The van der Waals surface area contributed by atoms with Crippen molar-refractivity contribution in [3.05, 3.63) is 29.3 Å². The van der Waals surface area contributed by atoms with Crippen LogP contribution in [0.4, 0.5) is 23.7 Å². The van der Waals surface area contributed by atoms with Crippen LogP contribution in [0.25, 0.3) is 0 Å². The van der Waals surface area contributed by atoms with Crippen LogP contribution in [-0.2, 0) is 10.9 Å². The average Bonchev–Trinajstić information content (AvgIpc) is 2.52. The molecule has 25 heavy (non-hydrogen) atoms. The molecule has 1 saturated heterocycles. The van der Waals surface area contributed by atoms with Crippen molar-refractivity contribution in [2.24, 2.45) is 0 Å². The first-order valence-corrected chi connectivity index (χ1v) is 7.90. The lowest BCUT2D eigenvalue weighted by atomic mass is 10.1. The molecule has 0 unspecified atom stereocenters. The van der Waals surface area contributed by atoms with Crippen molar-refractivity contribution >= 4 is 18.1 Å². The zero-order valence-electron chi connectivity index (χ0n) is 14.4. The van der Waals surface area contributed by atoms with Crippen molar-refractivity contribution in [2.45, 2.75) is 32.5 Å². The summed E-state index contributed by atoms with van der Waals surface area (Å²) in [4.78, 5) is 26.4. The lowest BCUT2D eigenvalue weighted by molar-refractivity contribution is -0.137. The van der Waals surface area contributed by atoms with E-state index in [0.717, 1.165) is 12.1 Å². The van der Waals surface area contributed by atoms with Crippen molar-refractivity contribution in [2.75, 3.05) is 31.1 Å². The highest BCUT2D eigenvalue weighted by molar-refractivity contribution is 5.85. The van der Waals surface area contributed by atoms with Gasteiger partial charge in [0.1, 0.15) is 5.60 Å². The molecule has 2 rings (SSSR count). The molecule has 1 aromatic rings. The fraction of sp³-hybridized carbons (Fsp3) is 0.529. The van der Waals surface area contributed by atoms with Crippen LogP contribution in [0.1, 0.15) is 36.7 Å². The summed E-state index contributed by atoms with van der Waals surface area (Å²) in [6.07, 6.45) is -4.39. The summed E-state index contributed by atoms with van der Waals surface area (Å²) in [5.41, 5.74) is -0.991. The van der Waals surface area contributed by atoms with Crippen LogP contribution in [0.5, 0.6) is 0 Å². The van der Waals surface area contributed by atoms with Gasteiger partial charge in [0.15, 0.2) is 6.29 Å². The van der Waals surface area contributed by atoms with Gasteiger partial charge in [-0.05, 0) is 39.0 Å². The van der Waals surface area contributed by atoms with Gasteiger partial charge >= 0.3 is 12.3 Å². The number of nitrogens with zero attached hydrogens (tertiary/aromatic N) is 2. The van der Waals surface area contributed by atoms with Gasteiger partial charge in [0.05, 0.1) is 5.56 Å². The predicted octanol–water partition coefficient (Wildman–Crippen LogP) is 3.58. The quantitative estimate of drug-likeness (QED) is 0.759. The van der Waals surface area contributed by atoms with E-state index in [4.69, 9.17) is 4.74 Å². The molecule has 0 radical (unpaired) electrons. The number of amides is 1. The van der Waals surface area contributed by atoms with Gasteiger partial charge in [0.25, 0.3) is 0 Å². The van der Waals surface area contributed by atoms with Gasteiger partial charge in [-0.1, -0.05) is 0 Å². The first-order chi connectivity index (χ1) is 11.5.